The quantitative estimate of drug-likeness (QED) is 0.376. The highest BCUT2D eigenvalue weighted by atomic mass is 32.1. The summed E-state index contributed by atoms with van der Waals surface area (Å²) in [4.78, 5) is 31.5. The van der Waals surface area contributed by atoms with Gasteiger partial charge in [0.1, 0.15) is 0 Å². The molecule has 0 saturated heterocycles. The lowest BCUT2D eigenvalue weighted by Gasteiger charge is -2.24. The van der Waals surface area contributed by atoms with Crippen LogP contribution in [-0.4, -0.2) is 31.9 Å². The largest absolute Gasteiger partial charge is 0.493 e. The number of carbonyl (C=O) groups excluding carboxylic acids is 1. The molecule has 0 spiro atoms. The second-order valence-electron chi connectivity index (χ2n) is 7.89. The van der Waals surface area contributed by atoms with Crippen LogP contribution >= 0.6 is 11.3 Å². The van der Waals surface area contributed by atoms with Gasteiger partial charge in [-0.1, -0.05) is 47.7 Å². The predicted molar refractivity (Wildman–Crippen MR) is 136 cm³/mol. The maximum Gasteiger partial charge on any atom is 0.338 e. The summed E-state index contributed by atoms with van der Waals surface area (Å²) in [5, 5.41) is 0. The van der Waals surface area contributed by atoms with Crippen molar-refractivity contribution < 1.29 is 19.0 Å². The fourth-order valence-electron chi connectivity index (χ4n) is 4.25. The number of hydrogen-bond donors (Lipinski definition) is 0. The molecule has 0 bridgehead atoms. The first kappa shape index (κ1) is 24.2. The monoisotopic (exact) mass is 490 g/mol. The van der Waals surface area contributed by atoms with E-state index in [2.05, 4.69) is 11.6 Å². The number of esters is 1. The zero-order valence-corrected chi connectivity index (χ0v) is 20.8. The van der Waals surface area contributed by atoms with Gasteiger partial charge in [-0.15, -0.1) is 6.58 Å². The molecule has 7 nitrogen and oxygen atoms in total. The number of hydrogen-bond acceptors (Lipinski definition) is 7. The van der Waals surface area contributed by atoms with Crippen LogP contribution in [0.5, 0.6) is 11.5 Å². The Morgan fingerprint density at radius 2 is 1.91 bits per heavy atom. The van der Waals surface area contributed by atoms with Gasteiger partial charge in [0.15, 0.2) is 16.3 Å². The zero-order valence-electron chi connectivity index (χ0n) is 20.0. The van der Waals surface area contributed by atoms with Crippen molar-refractivity contribution in [1.82, 2.24) is 4.57 Å². The van der Waals surface area contributed by atoms with Crippen molar-refractivity contribution in [2.45, 2.75) is 19.4 Å². The number of thiazole rings is 1. The van der Waals surface area contributed by atoms with Crippen molar-refractivity contribution in [3.8, 4) is 11.5 Å². The van der Waals surface area contributed by atoms with Crippen LogP contribution in [0.1, 0.15) is 29.7 Å². The third kappa shape index (κ3) is 4.44. The fraction of sp³-hybridized carbons (Fsp3) is 0.222. The highest BCUT2D eigenvalue weighted by Crippen LogP contribution is 2.34. The normalized spacial score (nSPS) is 15.3. The first-order valence-corrected chi connectivity index (χ1v) is 11.8. The van der Waals surface area contributed by atoms with E-state index >= 15 is 0 Å². The Bertz CT molecular complexity index is 1500. The molecule has 0 saturated carbocycles. The topological polar surface area (TPSA) is 79.1 Å². The van der Waals surface area contributed by atoms with Crippen LogP contribution in [0.25, 0.3) is 6.08 Å². The maximum absolute atomic E-state index is 13.7. The number of benzene rings is 2. The van der Waals surface area contributed by atoms with Gasteiger partial charge in [0.05, 0.1) is 43.2 Å². The lowest BCUT2D eigenvalue weighted by Crippen LogP contribution is -2.39. The van der Waals surface area contributed by atoms with Gasteiger partial charge < -0.3 is 14.2 Å². The third-order valence-electron chi connectivity index (χ3n) is 5.78. The number of carbonyl (C=O) groups is 1. The van der Waals surface area contributed by atoms with Gasteiger partial charge in [-0.25, -0.2) is 9.79 Å². The standard InChI is InChI=1S/C27H26N2O5S/c1-6-10-19-13-17(14-20(32-3)24(19)33-4)15-21-25(30)29-23(18-11-8-7-9-12-18)22(26(31)34-5)16(2)28-27(29)35-21/h6-9,11-15,23H,1,10H2,2-5H3. The van der Waals surface area contributed by atoms with Crippen LogP contribution in [0.4, 0.5) is 0 Å². The van der Waals surface area contributed by atoms with Crippen molar-refractivity contribution in [3.05, 3.63) is 103 Å². The molecule has 0 amide bonds. The van der Waals surface area contributed by atoms with Gasteiger partial charge in [-0.3, -0.25) is 9.36 Å². The van der Waals surface area contributed by atoms with E-state index in [4.69, 9.17) is 14.2 Å². The molecule has 1 atom stereocenters. The SMILES string of the molecule is C=CCc1cc(C=c2sc3n(c2=O)C(c2ccccc2)C(C(=O)OC)=C(C)N=3)cc(OC)c1OC. The van der Waals surface area contributed by atoms with Crippen molar-refractivity contribution in [2.75, 3.05) is 21.3 Å². The van der Waals surface area contributed by atoms with Crippen LogP contribution in [0.15, 0.2) is 76.2 Å². The summed E-state index contributed by atoms with van der Waals surface area (Å²) in [6, 6.07) is 12.5. The molecule has 0 radical (unpaired) electrons. The Kier molecular flexibility index (Phi) is 7.02. The van der Waals surface area contributed by atoms with Crippen molar-refractivity contribution in [1.29, 1.82) is 0 Å². The van der Waals surface area contributed by atoms with E-state index in [-0.39, 0.29) is 5.56 Å². The molecule has 1 aromatic heterocycles. The Hall–Kier alpha value is -3.91. The Labute approximate surface area is 206 Å². The molecule has 1 aliphatic heterocycles. The predicted octanol–water partition coefficient (Wildman–Crippen LogP) is 3.15. The minimum absolute atomic E-state index is 0.239. The average Bonchev–Trinajstić information content (AvgIpc) is 3.17. The molecule has 4 rings (SSSR count). The molecule has 35 heavy (non-hydrogen) atoms. The average molecular weight is 491 g/mol. The van der Waals surface area contributed by atoms with Gasteiger partial charge in [-0.05, 0) is 42.7 Å². The van der Waals surface area contributed by atoms with Crippen molar-refractivity contribution in [3.63, 3.8) is 0 Å². The zero-order chi connectivity index (χ0) is 25.1. The maximum atomic E-state index is 13.7. The van der Waals surface area contributed by atoms with E-state index in [0.29, 0.717) is 38.5 Å². The van der Waals surface area contributed by atoms with Crippen molar-refractivity contribution in [2.24, 2.45) is 4.99 Å². The van der Waals surface area contributed by atoms with Crippen LogP contribution in [0.2, 0.25) is 0 Å². The molecule has 180 valence electrons. The molecule has 8 heteroatoms. The summed E-state index contributed by atoms with van der Waals surface area (Å²) in [6.45, 7) is 5.58. The van der Waals surface area contributed by atoms with E-state index in [1.165, 1.54) is 18.4 Å². The summed E-state index contributed by atoms with van der Waals surface area (Å²) in [5.74, 6) is 0.689. The second-order valence-corrected chi connectivity index (χ2v) is 8.90. The Balaban J connectivity index is 1.95. The van der Waals surface area contributed by atoms with E-state index in [0.717, 1.165) is 16.7 Å². The van der Waals surface area contributed by atoms with E-state index < -0.39 is 12.0 Å². The van der Waals surface area contributed by atoms with Gasteiger partial charge >= 0.3 is 5.97 Å². The van der Waals surface area contributed by atoms with Crippen LogP contribution in [0, 0.1) is 0 Å². The first-order valence-electron chi connectivity index (χ1n) is 10.9. The number of methoxy groups -OCH3 is 3. The fourth-order valence-corrected chi connectivity index (χ4v) is 5.30. The minimum Gasteiger partial charge on any atom is -0.493 e. The smallest absolute Gasteiger partial charge is 0.338 e. The molecule has 0 N–H and O–H groups in total. The number of rotatable bonds is 7. The van der Waals surface area contributed by atoms with Crippen LogP contribution < -0.4 is 24.4 Å². The van der Waals surface area contributed by atoms with Crippen molar-refractivity contribution >= 4 is 23.4 Å². The molecule has 0 aliphatic carbocycles. The molecule has 1 unspecified atom stereocenters. The Morgan fingerprint density at radius 1 is 1.17 bits per heavy atom. The van der Waals surface area contributed by atoms with Gasteiger partial charge in [-0.2, -0.15) is 0 Å². The van der Waals surface area contributed by atoms with E-state index in [1.54, 1.807) is 37.9 Å². The van der Waals surface area contributed by atoms with Gasteiger partial charge in [0.25, 0.3) is 5.56 Å². The number of fused-ring (bicyclic) bond motifs is 1. The number of allylic oxidation sites excluding steroid dienone is 2. The highest BCUT2D eigenvalue weighted by molar-refractivity contribution is 7.07. The lowest BCUT2D eigenvalue weighted by atomic mass is 9.96. The number of nitrogens with zero attached hydrogens (tertiary/aromatic N) is 2. The first-order chi connectivity index (χ1) is 16.9. The number of aromatic nitrogens is 1. The van der Waals surface area contributed by atoms with E-state index in [1.807, 2.05) is 42.5 Å². The summed E-state index contributed by atoms with van der Waals surface area (Å²) in [6.07, 6.45) is 4.17. The molecular formula is C27H26N2O5S. The van der Waals surface area contributed by atoms with E-state index in [9.17, 15) is 9.59 Å². The summed E-state index contributed by atoms with van der Waals surface area (Å²) in [7, 11) is 4.49. The highest BCUT2D eigenvalue weighted by Gasteiger charge is 2.32. The van der Waals surface area contributed by atoms with Crippen LogP contribution in [-0.2, 0) is 16.0 Å². The minimum atomic E-state index is -0.635. The molecule has 3 aromatic rings. The summed E-state index contributed by atoms with van der Waals surface area (Å²) in [5.41, 5.74) is 3.11. The van der Waals surface area contributed by atoms with Gasteiger partial charge in [0.2, 0.25) is 0 Å². The van der Waals surface area contributed by atoms with Gasteiger partial charge in [0, 0.05) is 5.56 Å². The summed E-state index contributed by atoms with van der Waals surface area (Å²) >= 11 is 1.27. The molecular weight excluding hydrogens is 464 g/mol. The number of ether oxygens (including phenoxy) is 3. The molecule has 2 heterocycles. The molecule has 0 fully saturated rings. The summed E-state index contributed by atoms with van der Waals surface area (Å²) < 4.78 is 18.1. The second kappa shape index (κ2) is 10.1. The molecule has 1 aliphatic rings. The Morgan fingerprint density at radius 3 is 2.54 bits per heavy atom. The molecule has 2 aromatic carbocycles. The third-order valence-corrected chi connectivity index (χ3v) is 6.77. The van der Waals surface area contributed by atoms with Crippen LogP contribution in [0.3, 0.4) is 0 Å². The lowest BCUT2D eigenvalue weighted by molar-refractivity contribution is -0.136.